The van der Waals surface area contributed by atoms with Gasteiger partial charge in [-0.05, 0) is 73.4 Å². The molecule has 0 spiro atoms. The summed E-state index contributed by atoms with van der Waals surface area (Å²) < 4.78 is 34.4. The third-order valence-corrected chi connectivity index (χ3v) is 8.07. The van der Waals surface area contributed by atoms with Crippen LogP contribution >= 0.6 is 11.6 Å². The Morgan fingerprint density at radius 2 is 1.94 bits per heavy atom. The second kappa shape index (κ2) is 10.5. The minimum absolute atomic E-state index is 0.0744. The van der Waals surface area contributed by atoms with E-state index in [0.29, 0.717) is 42.5 Å². The molecule has 0 bridgehead atoms. The Hall–Kier alpha value is -3.30. The highest BCUT2D eigenvalue weighted by atomic mass is 35.5. The average Bonchev–Trinajstić information content (AvgIpc) is 2.85. The summed E-state index contributed by atoms with van der Waals surface area (Å²) in [6.07, 6.45) is 2.26. The normalized spacial score (nSPS) is 15.4. The van der Waals surface area contributed by atoms with Gasteiger partial charge in [0.25, 0.3) is 10.0 Å². The molecule has 2 aromatic carbocycles. The maximum atomic E-state index is 13.7. The molecule has 4 rings (SSSR count). The number of aryl methyl sites for hydroxylation is 1. The van der Waals surface area contributed by atoms with Gasteiger partial charge in [0.1, 0.15) is 12.4 Å². The van der Waals surface area contributed by atoms with Crippen LogP contribution in [0.4, 0.5) is 16.3 Å². The van der Waals surface area contributed by atoms with Gasteiger partial charge in [0.15, 0.2) is 0 Å². The molecule has 0 aliphatic carbocycles. The van der Waals surface area contributed by atoms with Crippen LogP contribution in [0.3, 0.4) is 0 Å². The molecule has 1 amide bonds. The number of nitrogens with zero attached hydrogens (tertiary/aromatic N) is 3. The molecule has 184 valence electrons. The number of amides is 1. The molecule has 0 radical (unpaired) electrons. The number of sulfonamides is 1. The minimum atomic E-state index is -3.92. The van der Waals surface area contributed by atoms with Crippen molar-refractivity contribution in [2.24, 2.45) is 0 Å². The van der Waals surface area contributed by atoms with Gasteiger partial charge in [0.2, 0.25) is 0 Å². The van der Waals surface area contributed by atoms with Crippen LogP contribution in [0.25, 0.3) is 0 Å². The average molecular weight is 515 g/mol. The lowest BCUT2D eigenvalue weighted by Gasteiger charge is -2.37. The highest BCUT2D eigenvalue weighted by molar-refractivity contribution is 7.92. The highest BCUT2D eigenvalue weighted by Gasteiger charge is 2.37. The smallest absolute Gasteiger partial charge is 0.410 e. The predicted octanol–water partition coefficient (Wildman–Crippen LogP) is 4.49. The number of hydrogen-bond acceptors (Lipinski definition) is 6. The first kappa shape index (κ1) is 24.8. The zero-order valence-electron chi connectivity index (χ0n) is 19.3. The van der Waals surface area contributed by atoms with Gasteiger partial charge in [-0.1, -0.05) is 29.8 Å². The van der Waals surface area contributed by atoms with Gasteiger partial charge in [0.05, 0.1) is 16.6 Å². The van der Waals surface area contributed by atoms with Crippen LogP contribution in [-0.2, 0) is 27.7 Å². The van der Waals surface area contributed by atoms with Crippen LogP contribution in [0.5, 0.6) is 0 Å². The van der Waals surface area contributed by atoms with Crippen LogP contribution in [0, 0.1) is 0 Å². The van der Waals surface area contributed by atoms with E-state index in [0.717, 1.165) is 11.1 Å². The molecular formula is C25H27ClN4O4S. The Morgan fingerprint density at radius 3 is 2.66 bits per heavy atom. The maximum Gasteiger partial charge on any atom is 0.410 e. The number of benzene rings is 2. The number of halogens is 1. The van der Waals surface area contributed by atoms with E-state index < -0.39 is 22.2 Å². The number of ether oxygens (including phenoxy) is 1. The molecule has 2 heterocycles. The number of anilines is 2. The first-order valence-corrected chi connectivity index (χ1v) is 13.1. The summed E-state index contributed by atoms with van der Waals surface area (Å²) in [5.41, 5.74) is 8.09. The molecule has 1 aliphatic heterocycles. The van der Waals surface area contributed by atoms with E-state index in [1.165, 1.54) is 21.3 Å². The maximum absolute atomic E-state index is 13.7. The second-order valence-corrected chi connectivity index (χ2v) is 10.5. The molecule has 0 saturated heterocycles. The summed E-state index contributed by atoms with van der Waals surface area (Å²) in [6.45, 7) is 2.50. The molecule has 0 saturated carbocycles. The number of nitrogen functional groups attached to an aromatic ring is 1. The summed E-state index contributed by atoms with van der Waals surface area (Å²) in [5.74, 6) is 0.371. The van der Waals surface area contributed by atoms with Gasteiger partial charge in [-0.15, -0.1) is 0 Å². The van der Waals surface area contributed by atoms with E-state index in [-0.39, 0.29) is 11.5 Å². The third kappa shape index (κ3) is 5.52. The SMILES string of the molecule is CCN(Cc1ccnc(N)c1)C(=O)OCC1CCc2ccccc2N1S(=O)(=O)c1ccc(Cl)cc1. The van der Waals surface area contributed by atoms with Gasteiger partial charge < -0.3 is 15.4 Å². The van der Waals surface area contributed by atoms with Gasteiger partial charge in [0, 0.05) is 24.3 Å². The number of aromatic nitrogens is 1. The molecule has 0 fully saturated rings. The van der Waals surface area contributed by atoms with E-state index in [1.54, 1.807) is 42.6 Å². The van der Waals surface area contributed by atoms with Gasteiger partial charge in [-0.2, -0.15) is 0 Å². The largest absolute Gasteiger partial charge is 0.447 e. The number of rotatable bonds is 7. The number of hydrogen-bond donors (Lipinski definition) is 1. The molecule has 2 N–H and O–H groups in total. The Bertz CT molecular complexity index is 1300. The van der Waals surface area contributed by atoms with Crippen molar-refractivity contribution in [2.75, 3.05) is 23.2 Å². The number of carbonyl (C=O) groups excluding carboxylic acids is 1. The number of nitrogens with two attached hydrogens (primary N) is 1. The van der Waals surface area contributed by atoms with E-state index in [2.05, 4.69) is 4.98 Å². The summed E-state index contributed by atoms with van der Waals surface area (Å²) in [5, 5.41) is 0.448. The number of carbonyl (C=O) groups is 1. The predicted molar refractivity (Wildman–Crippen MR) is 136 cm³/mol. The Morgan fingerprint density at radius 1 is 1.20 bits per heavy atom. The van der Waals surface area contributed by atoms with Crippen molar-refractivity contribution < 1.29 is 17.9 Å². The van der Waals surface area contributed by atoms with Crippen LogP contribution < -0.4 is 10.0 Å². The molecular weight excluding hydrogens is 488 g/mol. The van der Waals surface area contributed by atoms with Crippen LogP contribution in [0.15, 0.2) is 71.8 Å². The summed E-state index contributed by atoms with van der Waals surface area (Å²) in [6, 6.07) is 16.4. The highest BCUT2D eigenvalue weighted by Crippen LogP contribution is 2.35. The van der Waals surface area contributed by atoms with Crippen molar-refractivity contribution in [1.29, 1.82) is 0 Å². The fraction of sp³-hybridized carbons (Fsp3) is 0.280. The van der Waals surface area contributed by atoms with Crippen molar-refractivity contribution in [1.82, 2.24) is 9.88 Å². The Kier molecular flexibility index (Phi) is 7.47. The summed E-state index contributed by atoms with van der Waals surface area (Å²) in [7, 11) is -3.92. The molecule has 35 heavy (non-hydrogen) atoms. The van der Waals surface area contributed by atoms with Crippen LogP contribution in [0.1, 0.15) is 24.5 Å². The second-order valence-electron chi connectivity index (χ2n) is 8.26. The lowest BCUT2D eigenvalue weighted by atomic mass is 9.98. The summed E-state index contributed by atoms with van der Waals surface area (Å²) >= 11 is 5.97. The van der Waals surface area contributed by atoms with Crippen LogP contribution in [-0.4, -0.2) is 43.6 Å². The molecule has 1 aliphatic rings. The van der Waals surface area contributed by atoms with E-state index in [4.69, 9.17) is 22.1 Å². The minimum Gasteiger partial charge on any atom is -0.447 e. The monoisotopic (exact) mass is 514 g/mol. The quantitative estimate of drug-likeness (QED) is 0.498. The molecule has 8 nitrogen and oxygen atoms in total. The van der Waals surface area contributed by atoms with Crippen molar-refractivity contribution in [3.05, 3.63) is 83.0 Å². The topological polar surface area (TPSA) is 106 Å². The molecule has 3 aromatic rings. The standard InChI is InChI=1S/C25H27ClN4O4S/c1-2-29(16-18-13-14-28-24(27)15-18)25(31)34-17-21-10-7-19-5-3-4-6-23(19)30(21)35(32,33)22-11-8-20(26)9-12-22/h3-6,8-9,11-15,21H,2,7,10,16-17H2,1H3,(H2,27,28). The summed E-state index contributed by atoms with van der Waals surface area (Å²) in [4.78, 5) is 18.5. The Labute approximate surface area is 210 Å². The van der Waals surface area contributed by atoms with E-state index in [9.17, 15) is 13.2 Å². The fourth-order valence-electron chi connectivity index (χ4n) is 4.15. The molecule has 1 aromatic heterocycles. The van der Waals surface area contributed by atoms with Gasteiger partial charge in [-0.25, -0.2) is 18.2 Å². The molecule has 1 atom stereocenters. The Balaban J connectivity index is 1.56. The molecule has 1 unspecified atom stereocenters. The van der Waals surface area contributed by atoms with Crippen molar-refractivity contribution in [2.45, 2.75) is 37.2 Å². The van der Waals surface area contributed by atoms with Crippen molar-refractivity contribution in [3.8, 4) is 0 Å². The zero-order chi connectivity index (χ0) is 25.0. The lowest BCUT2D eigenvalue weighted by molar-refractivity contribution is 0.0955. The first-order valence-electron chi connectivity index (χ1n) is 11.3. The van der Waals surface area contributed by atoms with E-state index >= 15 is 0 Å². The van der Waals surface area contributed by atoms with Gasteiger partial charge >= 0.3 is 6.09 Å². The van der Waals surface area contributed by atoms with Crippen molar-refractivity contribution in [3.63, 3.8) is 0 Å². The molecule has 10 heteroatoms. The van der Waals surface area contributed by atoms with E-state index in [1.807, 2.05) is 19.1 Å². The van der Waals surface area contributed by atoms with Gasteiger partial charge in [-0.3, -0.25) is 4.31 Å². The fourth-order valence-corrected chi connectivity index (χ4v) is 5.98. The van der Waals surface area contributed by atoms with Crippen LogP contribution in [0.2, 0.25) is 5.02 Å². The number of pyridine rings is 1. The zero-order valence-corrected chi connectivity index (χ0v) is 20.9. The van der Waals surface area contributed by atoms with Crippen molar-refractivity contribution >= 4 is 39.2 Å². The number of fused-ring (bicyclic) bond motifs is 1. The first-order chi connectivity index (χ1) is 16.8. The third-order valence-electron chi connectivity index (χ3n) is 5.94. The number of para-hydroxylation sites is 1. The lowest BCUT2D eigenvalue weighted by Crippen LogP contribution is -2.47.